The van der Waals surface area contributed by atoms with Crippen molar-refractivity contribution in [2.24, 2.45) is 5.92 Å². The van der Waals surface area contributed by atoms with Crippen LogP contribution in [-0.2, 0) is 19.0 Å². The van der Waals surface area contributed by atoms with E-state index in [4.69, 9.17) is 25.5 Å². The first-order valence-corrected chi connectivity index (χ1v) is 13.9. The van der Waals surface area contributed by atoms with Crippen LogP contribution in [0.15, 0.2) is 36.5 Å². The van der Waals surface area contributed by atoms with E-state index in [0.717, 1.165) is 47.1 Å². The highest BCUT2D eigenvalue weighted by Gasteiger charge is 2.36. The zero-order valence-corrected chi connectivity index (χ0v) is 22.0. The van der Waals surface area contributed by atoms with Gasteiger partial charge in [-0.3, -0.25) is 9.17 Å². The molecule has 2 aliphatic rings. The van der Waals surface area contributed by atoms with Crippen molar-refractivity contribution in [3.8, 4) is 0 Å². The summed E-state index contributed by atoms with van der Waals surface area (Å²) in [5, 5.41) is 0.561. The number of rotatable bonds is 4. The normalized spacial score (nSPS) is 18.8. The van der Waals surface area contributed by atoms with E-state index in [1.165, 1.54) is 0 Å². The number of hydrogen-bond acceptors (Lipinski definition) is 6. The number of halogens is 1. The van der Waals surface area contributed by atoms with Gasteiger partial charge in [-0.05, 0) is 86.1 Å². The first-order chi connectivity index (χ1) is 16.4. The van der Waals surface area contributed by atoms with Crippen LogP contribution >= 0.6 is 11.6 Å². The van der Waals surface area contributed by atoms with E-state index in [1.807, 2.05) is 57.2 Å². The lowest BCUT2D eigenvalue weighted by Gasteiger charge is -2.37. The monoisotopic (exact) mass is 518 g/mol. The van der Waals surface area contributed by atoms with Crippen molar-refractivity contribution in [3.05, 3.63) is 63.9 Å². The fourth-order valence-corrected chi connectivity index (χ4v) is 5.32. The lowest BCUT2D eigenvalue weighted by atomic mass is 9.76. The SMILES string of the molecule is CC(C)(C)OC(=O)N1CCC(C2c3ccc(Cl)cc3C(COS(C)(=O)=O)=Cc3cccnc32)CC1. The second kappa shape index (κ2) is 9.91. The molecule has 7 nitrogen and oxygen atoms in total. The summed E-state index contributed by atoms with van der Waals surface area (Å²) in [7, 11) is -3.63. The molecule has 2 heterocycles. The molecule has 188 valence electrons. The number of fused-ring (bicyclic) bond motifs is 2. The van der Waals surface area contributed by atoms with Crippen molar-refractivity contribution >= 4 is 39.5 Å². The van der Waals surface area contributed by atoms with E-state index >= 15 is 0 Å². The van der Waals surface area contributed by atoms with E-state index < -0.39 is 15.7 Å². The molecule has 1 aromatic heterocycles. The molecule has 35 heavy (non-hydrogen) atoms. The summed E-state index contributed by atoms with van der Waals surface area (Å²) in [6.07, 6.45) is 6.06. The first-order valence-electron chi connectivity index (χ1n) is 11.7. The van der Waals surface area contributed by atoms with Crippen LogP contribution in [0.2, 0.25) is 5.02 Å². The van der Waals surface area contributed by atoms with Gasteiger partial charge in [0.15, 0.2) is 0 Å². The van der Waals surface area contributed by atoms with Crippen molar-refractivity contribution < 1.29 is 22.1 Å². The average Bonchev–Trinajstić information content (AvgIpc) is 2.90. The highest BCUT2D eigenvalue weighted by Crippen LogP contribution is 2.45. The number of benzene rings is 1. The summed E-state index contributed by atoms with van der Waals surface area (Å²) in [6, 6.07) is 9.57. The molecule has 1 atom stereocenters. The Balaban J connectivity index is 1.68. The third-order valence-corrected chi connectivity index (χ3v) is 7.06. The minimum Gasteiger partial charge on any atom is -0.444 e. The highest BCUT2D eigenvalue weighted by molar-refractivity contribution is 7.86. The molecule has 1 aliphatic carbocycles. The van der Waals surface area contributed by atoms with Crippen LogP contribution in [-0.4, -0.2) is 55.9 Å². The van der Waals surface area contributed by atoms with Crippen molar-refractivity contribution in [2.75, 3.05) is 26.0 Å². The van der Waals surface area contributed by atoms with Gasteiger partial charge in [-0.25, -0.2) is 4.79 Å². The standard InChI is InChI=1S/C26H31ClN2O5S/c1-26(2,3)34-25(30)29-12-9-17(10-13-29)23-21-8-7-20(27)15-22(21)19(16-33-35(4,31)32)14-18-6-5-11-28-24(18)23/h5-8,11,14-15,17,23H,9-10,12-13,16H2,1-4H3. The average molecular weight is 519 g/mol. The molecular formula is C26H31ClN2O5S. The lowest BCUT2D eigenvalue weighted by molar-refractivity contribution is 0.0178. The number of amides is 1. The van der Waals surface area contributed by atoms with Crippen molar-refractivity contribution in [1.29, 1.82) is 0 Å². The predicted molar refractivity (Wildman–Crippen MR) is 137 cm³/mol. The Bertz CT molecular complexity index is 1240. The molecule has 9 heteroatoms. The van der Waals surface area contributed by atoms with Gasteiger partial charge in [-0.2, -0.15) is 8.42 Å². The zero-order chi connectivity index (χ0) is 25.4. The van der Waals surface area contributed by atoms with Crippen molar-refractivity contribution in [2.45, 2.75) is 45.1 Å². The number of pyridine rings is 1. The van der Waals surface area contributed by atoms with E-state index in [2.05, 4.69) is 0 Å². The van der Waals surface area contributed by atoms with E-state index in [1.54, 1.807) is 11.1 Å². The minimum absolute atomic E-state index is 0.0359. The van der Waals surface area contributed by atoms with E-state index in [-0.39, 0.29) is 24.5 Å². The summed E-state index contributed by atoms with van der Waals surface area (Å²) in [6.45, 7) is 6.70. The number of ether oxygens (including phenoxy) is 1. The smallest absolute Gasteiger partial charge is 0.410 e. The van der Waals surface area contributed by atoms with Crippen LogP contribution in [0.5, 0.6) is 0 Å². The summed E-state index contributed by atoms with van der Waals surface area (Å²) in [4.78, 5) is 19.1. The molecule has 4 rings (SSSR count). The minimum atomic E-state index is -3.63. The first kappa shape index (κ1) is 25.7. The summed E-state index contributed by atoms with van der Waals surface area (Å²) in [5.41, 5.74) is 3.94. The largest absolute Gasteiger partial charge is 0.444 e. The van der Waals surface area contributed by atoms with Gasteiger partial charge in [0.25, 0.3) is 10.1 Å². The molecule has 0 spiro atoms. The van der Waals surface area contributed by atoms with Crippen LogP contribution in [0.3, 0.4) is 0 Å². The van der Waals surface area contributed by atoms with Gasteiger partial charge in [0.2, 0.25) is 0 Å². The van der Waals surface area contributed by atoms with Gasteiger partial charge in [0, 0.05) is 30.2 Å². The summed E-state index contributed by atoms with van der Waals surface area (Å²) < 4.78 is 34.2. The molecule has 1 aliphatic heterocycles. The van der Waals surface area contributed by atoms with E-state index in [9.17, 15) is 13.2 Å². The Morgan fingerprint density at radius 2 is 1.91 bits per heavy atom. The maximum Gasteiger partial charge on any atom is 0.410 e. The van der Waals surface area contributed by atoms with Gasteiger partial charge in [0.1, 0.15) is 5.60 Å². The second-order valence-electron chi connectivity index (χ2n) is 10.1. The van der Waals surface area contributed by atoms with Gasteiger partial charge >= 0.3 is 6.09 Å². The van der Waals surface area contributed by atoms with Crippen LogP contribution in [0, 0.1) is 5.92 Å². The molecule has 0 N–H and O–H groups in total. The Hall–Kier alpha value is -2.42. The number of piperidine rings is 1. The van der Waals surface area contributed by atoms with Gasteiger partial charge in [-0.15, -0.1) is 0 Å². The quantitative estimate of drug-likeness (QED) is 0.507. The van der Waals surface area contributed by atoms with Crippen molar-refractivity contribution in [3.63, 3.8) is 0 Å². The molecule has 1 saturated heterocycles. The molecule has 2 aromatic rings. The highest BCUT2D eigenvalue weighted by atomic mass is 35.5. The molecular weight excluding hydrogens is 488 g/mol. The number of carbonyl (C=O) groups is 1. The van der Waals surface area contributed by atoms with Crippen molar-refractivity contribution in [1.82, 2.24) is 9.88 Å². The third kappa shape index (κ3) is 6.23. The lowest BCUT2D eigenvalue weighted by Crippen LogP contribution is -2.42. The number of nitrogens with zero attached hydrogens (tertiary/aromatic N) is 2. The number of carbonyl (C=O) groups excluding carboxylic acids is 1. The molecule has 0 bridgehead atoms. The van der Waals surface area contributed by atoms with Crippen LogP contribution in [0.25, 0.3) is 11.6 Å². The molecule has 1 amide bonds. The third-order valence-electron chi connectivity index (χ3n) is 6.28. The molecule has 0 radical (unpaired) electrons. The molecule has 1 unspecified atom stereocenters. The van der Waals surface area contributed by atoms with Crippen LogP contribution < -0.4 is 0 Å². The Kier molecular flexibility index (Phi) is 7.27. The molecule has 1 fully saturated rings. The molecule has 0 saturated carbocycles. The Morgan fingerprint density at radius 3 is 2.57 bits per heavy atom. The predicted octanol–water partition coefficient (Wildman–Crippen LogP) is 5.34. The second-order valence-corrected chi connectivity index (χ2v) is 12.2. The fourth-order valence-electron chi connectivity index (χ4n) is 4.81. The maximum absolute atomic E-state index is 12.6. The number of likely N-dealkylation sites (tertiary alicyclic amines) is 1. The number of aromatic nitrogens is 1. The van der Waals surface area contributed by atoms with Crippen LogP contribution in [0.4, 0.5) is 4.79 Å². The number of hydrogen-bond donors (Lipinski definition) is 0. The Labute approximate surface area is 212 Å². The van der Waals surface area contributed by atoms with Crippen LogP contribution in [0.1, 0.15) is 61.9 Å². The van der Waals surface area contributed by atoms with E-state index in [0.29, 0.717) is 18.1 Å². The Morgan fingerprint density at radius 1 is 1.20 bits per heavy atom. The van der Waals surface area contributed by atoms with Gasteiger partial charge in [-0.1, -0.05) is 23.7 Å². The summed E-state index contributed by atoms with van der Waals surface area (Å²) in [5.74, 6) is 0.192. The van der Waals surface area contributed by atoms with Gasteiger partial charge in [0.05, 0.1) is 18.6 Å². The zero-order valence-electron chi connectivity index (χ0n) is 20.5. The fraction of sp³-hybridized carbons (Fsp3) is 0.462. The summed E-state index contributed by atoms with van der Waals surface area (Å²) >= 11 is 6.38. The molecule has 1 aromatic carbocycles. The van der Waals surface area contributed by atoms with Gasteiger partial charge < -0.3 is 9.64 Å². The topological polar surface area (TPSA) is 85.8 Å². The maximum atomic E-state index is 12.6.